The van der Waals surface area contributed by atoms with Gasteiger partial charge in [-0.05, 0) is 34.0 Å². The highest BCUT2D eigenvalue weighted by molar-refractivity contribution is 5.79. The lowest BCUT2D eigenvalue weighted by molar-refractivity contribution is -0.134. The van der Waals surface area contributed by atoms with Crippen molar-refractivity contribution >= 4 is 5.91 Å². The molecule has 0 saturated carbocycles. The first kappa shape index (κ1) is 11.5. The molecule has 0 spiro atoms. The summed E-state index contributed by atoms with van der Waals surface area (Å²) in [7, 11) is 4.12. The number of nitrogens with one attached hydrogen (secondary N) is 1. The zero-order chi connectivity index (χ0) is 10.6. The Morgan fingerprint density at radius 2 is 2.29 bits per heavy atom. The summed E-state index contributed by atoms with van der Waals surface area (Å²) in [6.07, 6.45) is 1.05. The highest BCUT2D eigenvalue weighted by Gasteiger charge is 2.22. The molecule has 1 aliphatic rings. The number of nitrogens with zero attached hydrogens (tertiary/aromatic N) is 2. The molecule has 1 atom stereocenters. The SMILES string of the molecule is CC(CCN(C)C)N1CCNCC1=O. The van der Waals surface area contributed by atoms with Gasteiger partial charge in [0.1, 0.15) is 0 Å². The van der Waals surface area contributed by atoms with E-state index in [-0.39, 0.29) is 5.91 Å². The maximum atomic E-state index is 11.5. The van der Waals surface area contributed by atoms with E-state index in [1.54, 1.807) is 0 Å². The fraction of sp³-hybridized carbons (Fsp3) is 0.900. The van der Waals surface area contributed by atoms with Crippen LogP contribution < -0.4 is 5.32 Å². The largest absolute Gasteiger partial charge is 0.338 e. The van der Waals surface area contributed by atoms with E-state index in [4.69, 9.17) is 0 Å². The van der Waals surface area contributed by atoms with E-state index in [2.05, 4.69) is 31.2 Å². The monoisotopic (exact) mass is 199 g/mol. The van der Waals surface area contributed by atoms with Crippen LogP contribution in [0.4, 0.5) is 0 Å². The van der Waals surface area contributed by atoms with Crippen LogP contribution in [0.5, 0.6) is 0 Å². The maximum absolute atomic E-state index is 11.5. The van der Waals surface area contributed by atoms with Gasteiger partial charge >= 0.3 is 0 Å². The van der Waals surface area contributed by atoms with Crippen LogP contribution in [0.3, 0.4) is 0 Å². The number of hydrogen-bond acceptors (Lipinski definition) is 3. The van der Waals surface area contributed by atoms with E-state index in [0.29, 0.717) is 12.6 Å². The van der Waals surface area contributed by atoms with E-state index in [9.17, 15) is 4.79 Å². The van der Waals surface area contributed by atoms with Crippen molar-refractivity contribution in [3.8, 4) is 0 Å². The molecule has 0 aromatic rings. The number of hydrogen-bond donors (Lipinski definition) is 1. The fourth-order valence-electron chi connectivity index (χ4n) is 1.69. The quantitative estimate of drug-likeness (QED) is 0.678. The Labute approximate surface area is 86.2 Å². The Morgan fingerprint density at radius 3 is 2.86 bits per heavy atom. The van der Waals surface area contributed by atoms with Crippen LogP contribution in [0.1, 0.15) is 13.3 Å². The summed E-state index contributed by atoms with van der Waals surface area (Å²) in [5, 5.41) is 3.08. The van der Waals surface area contributed by atoms with Crippen LogP contribution in [0.2, 0.25) is 0 Å². The van der Waals surface area contributed by atoms with Gasteiger partial charge in [-0.3, -0.25) is 4.79 Å². The first-order valence-corrected chi connectivity index (χ1v) is 5.26. The lowest BCUT2D eigenvalue weighted by Gasteiger charge is -2.33. The van der Waals surface area contributed by atoms with E-state index in [0.717, 1.165) is 26.1 Å². The topological polar surface area (TPSA) is 35.6 Å². The van der Waals surface area contributed by atoms with E-state index in [1.165, 1.54) is 0 Å². The van der Waals surface area contributed by atoms with Crippen molar-refractivity contribution < 1.29 is 4.79 Å². The summed E-state index contributed by atoms with van der Waals surface area (Å²) >= 11 is 0. The zero-order valence-electron chi connectivity index (χ0n) is 9.42. The molecule has 1 amide bonds. The normalized spacial score (nSPS) is 20.3. The molecule has 0 aromatic carbocycles. The summed E-state index contributed by atoms with van der Waals surface area (Å²) < 4.78 is 0. The van der Waals surface area contributed by atoms with Crippen molar-refractivity contribution in [1.82, 2.24) is 15.1 Å². The molecular weight excluding hydrogens is 178 g/mol. The van der Waals surface area contributed by atoms with Gasteiger partial charge in [0, 0.05) is 19.1 Å². The highest BCUT2D eigenvalue weighted by Crippen LogP contribution is 2.06. The molecule has 1 aliphatic heterocycles. The predicted molar refractivity (Wildman–Crippen MR) is 57.2 cm³/mol. The van der Waals surface area contributed by atoms with E-state index < -0.39 is 0 Å². The van der Waals surface area contributed by atoms with E-state index in [1.807, 2.05) is 4.90 Å². The maximum Gasteiger partial charge on any atom is 0.236 e. The van der Waals surface area contributed by atoms with E-state index >= 15 is 0 Å². The van der Waals surface area contributed by atoms with Crippen LogP contribution in [-0.2, 0) is 4.79 Å². The Balaban J connectivity index is 2.34. The number of amides is 1. The second-order valence-corrected chi connectivity index (χ2v) is 4.20. The van der Waals surface area contributed by atoms with Gasteiger partial charge < -0.3 is 15.1 Å². The van der Waals surface area contributed by atoms with Gasteiger partial charge in [-0.2, -0.15) is 0 Å². The van der Waals surface area contributed by atoms with Gasteiger partial charge in [0.25, 0.3) is 0 Å². The minimum absolute atomic E-state index is 0.238. The minimum Gasteiger partial charge on any atom is -0.338 e. The van der Waals surface area contributed by atoms with Crippen LogP contribution in [0.25, 0.3) is 0 Å². The van der Waals surface area contributed by atoms with Crippen LogP contribution in [-0.4, -0.2) is 62.0 Å². The molecule has 1 fully saturated rings. The molecule has 0 aromatic heterocycles. The summed E-state index contributed by atoms with van der Waals surface area (Å²) in [5.74, 6) is 0.238. The van der Waals surface area contributed by atoms with Crippen LogP contribution >= 0.6 is 0 Å². The summed E-state index contributed by atoms with van der Waals surface area (Å²) in [6.45, 7) is 5.46. The lowest BCUT2D eigenvalue weighted by atomic mass is 10.1. The molecule has 1 unspecified atom stereocenters. The number of piperazine rings is 1. The summed E-state index contributed by atoms with van der Waals surface area (Å²) in [5.41, 5.74) is 0. The van der Waals surface area contributed by atoms with Crippen molar-refractivity contribution in [2.45, 2.75) is 19.4 Å². The third kappa shape index (κ3) is 3.27. The number of rotatable bonds is 4. The Bertz CT molecular complexity index is 194. The molecule has 0 radical (unpaired) electrons. The molecular formula is C10H21N3O. The highest BCUT2D eigenvalue weighted by atomic mass is 16.2. The van der Waals surface area contributed by atoms with Crippen LogP contribution in [0, 0.1) is 0 Å². The fourth-order valence-corrected chi connectivity index (χ4v) is 1.69. The summed E-state index contributed by atoms with van der Waals surface area (Å²) in [4.78, 5) is 15.7. The van der Waals surface area contributed by atoms with Crippen molar-refractivity contribution in [3.63, 3.8) is 0 Å². The van der Waals surface area contributed by atoms with Crippen molar-refractivity contribution in [3.05, 3.63) is 0 Å². The lowest BCUT2D eigenvalue weighted by Crippen LogP contribution is -2.52. The summed E-state index contributed by atoms with van der Waals surface area (Å²) in [6, 6.07) is 0.368. The zero-order valence-corrected chi connectivity index (χ0v) is 9.42. The molecule has 0 aliphatic carbocycles. The minimum atomic E-state index is 0.238. The first-order chi connectivity index (χ1) is 6.61. The molecule has 14 heavy (non-hydrogen) atoms. The third-order valence-electron chi connectivity index (χ3n) is 2.65. The van der Waals surface area contributed by atoms with Gasteiger partial charge in [0.2, 0.25) is 5.91 Å². The second-order valence-electron chi connectivity index (χ2n) is 4.20. The average molecular weight is 199 g/mol. The molecule has 1 rings (SSSR count). The van der Waals surface area contributed by atoms with Gasteiger partial charge in [-0.1, -0.05) is 0 Å². The van der Waals surface area contributed by atoms with Crippen molar-refractivity contribution in [1.29, 1.82) is 0 Å². The Hall–Kier alpha value is -0.610. The van der Waals surface area contributed by atoms with Gasteiger partial charge in [-0.25, -0.2) is 0 Å². The molecule has 1 saturated heterocycles. The molecule has 82 valence electrons. The smallest absolute Gasteiger partial charge is 0.236 e. The third-order valence-corrected chi connectivity index (χ3v) is 2.65. The molecule has 4 nitrogen and oxygen atoms in total. The molecule has 1 heterocycles. The van der Waals surface area contributed by atoms with Crippen molar-refractivity contribution in [2.24, 2.45) is 0 Å². The number of carbonyl (C=O) groups excluding carboxylic acids is 1. The standard InChI is InChI=1S/C10H21N3O/c1-9(4-6-12(2)3)13-7-5-11-8-10(13)14/h9,11H,4-8H2,1-3H3. The predicted octanol–water partition coefficient (Wildman–Crippen LogP) is -0.242. The van der Waals surface area contributed by atoms with Gasteiger partial charge in [0.15, 0.2) is 0 Å². The van der Waals surface area contributed by atoms with Crippen molar-refractivity contribution in [2.75, 3.05) is 40.3 Å². The first-order valence-electron chi connectivity index (χ1n) is 5.26. The Morgan fingerprint density at radius 1 is 1.57 bits per heavy atom. The molecule has 0 bridgehead atoms. The molecule has 1 N–H and O–H groups in total. The number of carbonyl (C=O) groups is 1. The van der Waals surface area contributed by atoms with Gasteiger partial charge in [-0.15, -0.1) is 0 Å². The molecule has 4 heteroatoms. The van der Waals surface area contributed by atoms with Gasteiger partial charge in [0.05, 0.1) is 6.54 Å². The second kappa shape index (κ2) is 5.32. The Kier molecular flexibility index (Phi) is 4.35. The van der Waals surface area contributed by atoms with Crippen LogP contribution in [0.15, 0.2) is 0 Å². The average Bonchev–Trinajstić information content (AvgIpc) is 2.15.